The van der Waals surface area contributed by atoms with Crippen LogP contribution in [0.5, 0.6) is 0 Å². The van der Waals surface area contributed by atoms with Crippen LogP contribution in [0, 0.1) is 0 Å². The van der Waals surface area contributed by atoms with Crippen LogP contribution in [-0.2, 0) is 0 Å². The molecule has 254 valence electrons. The molecule has 2 nitrogen and oxygen atoms in total. The highest BCUT2D eigenvalue weighted by molar-refractivity contribution is 6.13. The summed E-state index contributed by atoms with van der Waals surface area (Å²) in [6.45, 7) is 0. The molecule has 0 fully saturated rings. The molecule has 9 aromatic carbocycles. The van der Waals surface area contributed by atoms with Crippen molar-refractivity contribution in [3.05, 3.63) is 212 Å². The lowest BCUT2D eigenvalue weighted by atomic mass is 9.91. The van der Waals surface area contributed by atoms with Gasteiger partial charge >= 0.3 is 0 Å². The molecule has 0 atom stereocenters. The molecule has 0 radical (unpaired) electrons. The summed E-state index contributed by atoms with van der Waals surface area (Å²) < 4.78 is 6.66. The second kappa shape index (κ2) is 13.4. The van der Waals surface area contributed by atoms with Gasteiger partial charge in [0.05, 0.1) is 0 Å². The number of nitrogens with zero attached hydrogens (tertiary/aromatic N) is 1. The van der Waals surface area contributed by atoms with Crippen LogP contribution < -0.4 is 4.90 Å². The van der Waals surface area contributed by atoms with Crippen molar-refractivity contribution in [2.75, 3.05) is 4.90 Å². The molecule has 0 saturated heterocycles. The zero-order chi connectivity index (χ0) is 35.8. The Morgan fingerprint density at radius 2 is 0.796 bits per heavy atom. The number of hydrogen-bond acceptors (Lipinski definition) is 2. The summed E-state index contributed by atoms with van der Waals surface area (Å²) in [6, 6.07) is 75.8. The van der Waals surface area contributed by atoms with Crippen molar-refractivity contribution in [1.82, 2.24) is 0 Å². The summed E-state index contributed by atoms with van der Waals surface area (Å²) >= 11 is 0. The molecule has 0 aliphatic heterocycles. The molecule has 0 unspecified atom stereocenters. The second-order valence-electron chi connectivity index (χ2n) is 13.7. The van der Waals surface area contributed by atoms with Gasteiger partial charge in [-0.15, -0.1) is 0 Å². The van der Waals surface area contributed by atoms with E-state index in [1.807, 2.05) is 6.07 Å². The molecule has 1 heterocycles. The first kappa shape index (κ1) is 31.6. The second-order valence-corrected chi connectivity index (χ2v) is 13.7. The van der Waals surface area contributed by atoms with Gasteiger partial charge in [0.1, 0.15) is 11.2 Å². The van der Waals surface area contributed by atoms with Crippen LogP contribution in [0.3, 0.4) is 0 Å². The highest BCUT2D eigenvalue weighted by Gasteiger charge is 2.19. The van der Waals surface area contributed by atoms with Crippen LogP contribution in [0.2, 0.25) is 0 Å². The fourth-order valence-electron chi connectivity index (χ4n) is 7.77. The third-order valence-electron chi connectivity index (χ3n) is 10.5. The number of hydrogen-bond donors (Lipinski definition) is 0. The van der Waals surface area contributed by atoms with Crippen molar-refractivity contribution in [1.29, 1.82) is 0 Å². The molecule has 0 N–H and O–H groups in total. The average molecular weight is 690 g/mol. The Labute approximate surface area is 314 Å². The van der Waals surface area contributed by atoms with E-state index in [2.05, 4.69) is 211 Å². The maximum atomic E-state index is 6.66. The summed E-state index contributed by atoms with van der Waals surface area (Å²) in [5, 5.41) is 4.68. The van der Waals surface area contributed by atoms with Crippen molar-refractivity contribution >= 4 is 49.8 Å². The molecular formula is C52H35NO. The number of para-hydroxylation sites is 1. The molecule has 0 amide bonds. The summed E-state index contributed by atoms with van der Waals surface area (Å²) in [4.78, 5) is 2.33. The minimum absolute atomic E-state index is 0.897. The summed E-state index contributed by atoms with van der Waals surface area (Å²) in [5.74, 6) is 0. The molecule has 0 bridgehead atoms. The lowest BCUT2D eigenvalue weighted by molar-refractivity contribution is 0.670. The molecule has 10 rings (SSSR count). The number of furan rings is 1. The Morgan fingerprint density at radius 1 is 0.315 bits per heavy atom. The van der Waals surface area contributed by atoms with Gasteiger partial charge in [0.15, 0.2) is 0 Å². The first-order chi connectivity index (χ1) is 26.8. The van der Waals surface area contributed by atoms with E-state index in [1.54, 1.807) is 0 Å². The molecule has 0 aliphatic rings. The van der Waals surface area contributed by atoms with Crippen LogP contribution >= 0.6 is 0 Å². The van der Waals surface area contributed by atoms with Crippen LogP contribution in [0.25, 0.3) is 77.2 Å². The zero-order valence-corrected chi connectivity index (χ0v) is 29.6. The summed E-state index contributed by atoms with van der Waals surface area (Å²) in [7, 11) is 0. The Balaban J connectivity index is 1.09. The monoisotopic (exact) mass is 689 g/mol. The summed E-state index contributed by atoms with van der Waals surface area (Å²) in [6.07, 6.45) is 0. The van der Waals surface area contributed by atoms with Crippen molar-refractivity contribution in [2.24, 2.45) is 0 Å². The molecule has 0 aliphatic carbocycles. The largest absolute Gasteiger partial charge is 0.455 e. The quantitative estimate of drug-likeness (QED) is 0.166. The van der Waals surface area contributed by atoms with Gasteiger partial charge in [-0.3, -0.25) is 0 Å². The predicted molar refractivity (Wildman–Crippen MR) is 228 cm³/mol. The Morgan fingerprint density at radius 3 is 1.41 bits per heavy atom. The van der Waals surface area contributed by atoms with E-state index in [0.29, 0.717) is 0 Å². The smallest absolute Gasteiger partial charge is 0.143 e. The first-order valence-corrected chi connectivity index (χ1v) is 18.4. The molecule has 10 aromatic rings. The van der Waals surface area contributed by atoms with Gasteiger partial charge in [0.2, 0.25) is 0 Å². The van der Waals surface area contributed by atoms with E-state index in [1.165, 1.54) is 33.0 Å². The van der Waals surface area contributed by atoms with E-state index < -0.39 is 0 Å². The number of rotatable bonds is 7. The van der Waals surface area contributed by atoms with Crippen molar-refractivity contribution in [3.8, 4) is 44.5 Å². The van der Waals surface area contributed by atoms with Gasteiger partial charge in [-0.1, -0.05) is 158 Å². The van der Waals surface area contributed by atoms with Crippen molar-refractivity contribution < 1.29 is 4.42 Å². The minimum atomic E-state index is 0.897. The fourth-order valence-corrected chi connectivity index (χ4v) is 7.77. The van der Waals surface area contributed by atoms with E-state index in [4.69, 9.17) is 4.42 Å². The SMILES string of the molecule is c1ccc(-c2ccc(N(c3ccc(-c4ccccc4)cc3)c3ccc(-c4ccc5c(oc6ccccc65)c4-c4ccc5ccccc5c4)cc3)cc2)cc1. The number of benzene rings is 9. The van der Waals surface area contributed by atoms with Gasteiger partial charge < -0.3 is 9.32 Å². The van der Waals surface area contributed by atoms with Crippen LogP contribution in [0.4, 0.5) is 17.1 Å². The Bertz CT molecular complexity index is 2810. The lowest BCUT2D eigenvalue weighted by Crippen LogP contribution is -2.09. The average Bonchev–Trinajstić information content (AvgIpc) is 3.63. The van der Waals surface area contributed by atoms with Gasteiger partial charge in [-0.25, -0.2) is 0 Å². The summed E-state index contributed by atoms with van der Waals surface area (Å²) in [5.41, 5.74) is 14.4. The highest BCUT2D eigenvalue weighted by Crippen LogP contribution is 2.44. The highest BCUT2D eigenvalue weighted by atomic mass is 16.3. The van der Waals surface area contributed by atoms with E-state index >= 15 is 0 Å². The fraction of sp³-hybridized carbons (Fsp3) is 0. The number of fused-ring (bicyclic) bond motifs is 4. The van der Waals surface area contributed by atoms with Crippen LogP contribution in [0.1, 0.15) is 0 Å². The third kappa shape index (κ3) is 5.71. The Hall–Kier alpha value is -7.16. The van der Waals surface area contributed by atoms with E-state index in [9.17, 15) is 0 Å². The maximum absolute atomic E-state index is 6.66. The molecule has 54 heavy (non-hydrogen) atoms. The van der Waals surface area contributed by atoms with Gasteiger partial charge in [0.25, 0.3) is 0 Å². The lowest BCUT2D eigenvalue weighted by Gasteiger charge is -2.26. The van der Waals surface area contributed by atoms with Gasteiger partial charge in [-0.05, 0) is 104 Å². The van der Waals surface area contributed by atoms with Gasteiger partial charge in [-0.2, -0.15) is 0 Å². The number of anilines is 3. The molecular weight excluding hydrogens is 655 g/mol. The van der Waals surface area contributed by atoms with E-state index in [0.717, 1.165) is 61.3 Å². The third-order valence-corrected chi connectivity index (χ3v) is 10.5. The van der Waals surface area contributed by atoms with Crippen molar-refractivity contribution in [3.63, 3.8) is 0 Å². The minimum Gasteiger partial charge on any atom is -0.455 e. The molecule has 0 spiro atoms. The van der Waals surface area contributed by atoms with Crippen LogP contribution in [-0.4, -0.2) is 0 Å². The maximum Gasteiger partial charge on any atom is 0.143 e. The normalized spacial score (nSPS) is 11.3. The van der Waals surface area contributed by atoms with Gasteiger partial charge in [0, 0.05) is 33.4 Å². The van der Waals surface area contributed by atoms with E-state index in [-0.39, 0.29) is 0 Å². The predicted octanol–water partition coefficient (Wildman–Crippen LogP) is 14.9. The molecule has 2 heteroatoms. The topological polar surface area (TPSA) is 16.4 Å². The first-order valence-electron chi connectivity index (χ1n) is 18.4. The van der Waals surface area contributed by atoms with Crippen molar-refractivity contribution in [2.45, 2.75) is 0 Å². The zero-order valence-electron chi connectivity index (χ0n) is 29.6. The molecule has 0 saturated carbocycles. The standard InChI is InChI=1S/C52H35NO/c1-3-11-36(12-4-1)39-21-27-44(28-22-39)53(45-29-23-40(24-30-45)37-13-5-2-6-14-37)46-31-25-41(26-32-46)47-33-34-49-48-17-9-10-18-50(48)54-52(49)51(47)43-20-19-38-15-7-8-16-42(38)35-43/h1-35H. The molecule has 1 aromatic heterocycles. The van der Waals surface area contributed by atoms with Crippen LogP contribution in [0.15, 0.2) is 217 Å². The Kier molecular flexibility index (Phi) is 7.85.